The molecule has 0 aliphatic rings. The van der Waals surface area contributed by atoms with Gasteiger partial charge in [-0.1, -0.05) is 17.3 Å². The fraction of sp³-hybridized carbons (Fsp3) is 0.211. The average Bonchev–Trinajstić information content (AvgIpc) is 3.31. The standard InChI is InChI=1S/C19H19N5O4S2/c1-11-7-16(24-28-11)22-17(26)9-29-10-18(27)23-19-21-15(8-30-19)13-3-5-14(6-4-13)20-12(2)25/h3-8H,9-10H2,1-2H3,(H,20,25)(H,21,23,27)(H,22,24,26). The first kappa shape index (κ1) is 21.5. The van der Waals surface area contributed by atoms with Gasteiger partial charge in [0.15, 0.2) is 10.9 Å². The molecule has 2 heterocycles. The largest absolute Gasteiger partial charge is 0.360 e. The molecule has 0 saturated carbocycles. The first-order valence-corrected chi connectivity index (χ1v) is 10.9. The Kier molecular flexibility index (Phi) is 7.20. The minimum Gasteiger partial charge on any atom is -0.360 e. The van der Waals surface area contributed by atoms with Crippen molar-refractivity contribution in [3.63, 3.8) is 0 Å². The van der Waals surface area contributed by atoms with Crippen molar-refractivity contribution >= 4 is 57.5 Å². The van der Waals surface area contributed by atoms with Crippen LogP contribution in [0.2, 0.25) is 0 Å². The summed E-state index contributed by atoms with van der Waals surface area (Å²) in [4.78, 5) is 39.4. The van der Waals surface area contributed by atoms with Crippen LogP contribution in [0.3, 0.4) is 0 Å². The molecule has 30 heavy (non-hydrogen) atoms. The van der Waals surface area contributed by atoms with Crippen molar-refractivity contribution < 1.29 is 18.9 Å². The lowest BCUT2D eigenvalue weighted by Crippen LogP contribution is -2.18. The number of nitrogens with zero attached hydrogens (tertiary/aromatic N) is 2. The highest BCUT2D eigenvalue weighted by Gasteiger charge is 2.11. The van der Waals surface area contributed by atoms with Crippen LogP contribution in [0.15, 0.2) is 40.2 Å². The second-order valence-electron chi connectivity index (χ2n) is 6.21. The van der Waals surface area contributed by atoms with E-state index in [2.05, 4.69) is 26.1 Å². The predicted octanol–water partition coefficient (Wildman–Crippen LogP) is 3.38. The summed E-state index contributed by atoms with van der Waals surface area (Å²) in [6, 6.07) is 8.88. The Morgan fingerprint density at radius 2 is 1.77 bits per heavy atom. The molecule has 0 spiro atoms. The second-order valence-corrected chi connectivity index (χ2v) is 8.05. The van der Waals surface area contributed by atoms with Crippen LogP contribution in [-0.4, -0.2) is 39.4 Å². The van der Waals surface area contributed by atoms with Gasteiger partial charge in [0.25, 0.3) is 0 Å². The lowest BCUT2D eigenvalue weighted by molar-refractivity contribution is -0.115. The summed E-state index contributed by atoms with van der Waals surface area (Å²) in [5.74, 6) is 0.540. The monoisotopic (exact) mass is 445 g/mol. The van der Waals surface area contributed by atoms with Crippen LogP contribution >= 0.6 is 23.1 Å². The smallest absolute Gasteiger partial charge is 0.236 e. The van der Waals surface area contributed by atoms with Gasteiger partial charge in [0.2, 0.25) is 17.7 Å². The number of nitrogens with one attached hydrogen (secondary N) is 3. The summed E-state index contributed by atoms with van der Waals surface area (Å²) in [5, 5.41) is 14.0. The first-order chi connectivity index (χ1) is 14.4. The van der Waals surface area contributed by atoms with Gasteiger partial charge in [-0.3, -0.25) is 14.4 Å². The lowest BCUT2D eigenvalue weighted by Gasteiger charge is -2.03. The highest BCUT2D eigenvalue weighted by atomic mass is 32.2. The van der Waals surface area contributed by atoms with Gasteiger partial charge in [-0.15, -0.1) is 23.1 Å². The molecule has 3 N–H and O–H groups in total. The van der Waals surface area contributed by atoms with Crippen LogP contribution in [0.25, 0.3) is 11.3 Å². The molecule has 9 nitrogen and oxygen atoms in total. The Bertz CT molecular complexity index is 1050. The van der Waals surface area contributed by atoms with Crippen molar-refractivity contribution in [2.45, 2.75) is 13.8 Å². The molecule has 11 heteroatoms. The number of aromatic nitrogens is 2. The summed E-state index contributed by atoms with van der Waals surface area (Å²) >= 11 is 2.50. The number of amides is 3. The molecule has 0 unspecified atom stereocenters. The second kappa shape index (κ2) is 10.0. The number of hydrogen-bond donors (Lipinski definition) is 3. The number of thioether (sulfide) groups is 1. The van der Waals surface area contributed by atoms with Crippen molar-refractivity contribution in [1.29, 1.82) is 0 Å². The molecule has 3 rings (SSSR count). The topological polar surface area (TPSA) is 126 Å². The molecule has 0 aliphatic carbocycles. The van der Waals surface area contributed by atoms with E-state index in [0.717, 1.165) is 11.3 Å². The Balaban J connectivity index is 1.44. The Hall–Kier alpha value is -3.18. The zero-order valence-corrected chi connectivity index (χ0v) is 17.9. The van der Waals surface area contributed by atoms with Gasteiger partial charge in [0.1, 0.15) is 5.76 Å². The van der Waals surface area contributed by atoms with Crippen LogP contribution in [0.1, 0.15) is 12.7 Å². The summed E-state index contributed by atoms with van der Waals surface area (Å²) < 4.78 is 4.87. The van der Waals surface area contributed by atoms with Crippen LogP contribution in [0.4, 0.5) is 16.6 Å². The number of carbonyl (C=O) groups excluding carboxylic acids is 3. The van der Waals surface area contributed by atoms with Gasteiger partial charge in [0.05, 0.1) is 17.2 Å². The maximum Gasteiger partial charge on any atom is 0.236 e. The van der Waals surface area contributed by atoms with Crippen molar-refractivity contribution in [3.8, 4) is 11.3 Å². The van der Waals surface area contributed by atoms with E-state index >= 15 is 0 Å². The third-order valence-electron chi connectivity index (χ3n) is 3.61. The van der Waals surface area contributed by atoms with Crippen LogP contribution in [0.5, 0.6) is 0 Å². The highest BCUT2D eigenvalue weighted by Crippen LogP contribution is 2.26. The number of rotatable bonds is 8. The van der Waals surface area contributed by atoms with Crippen molar-refractivity contribution in [2.24, 2.45) is 0 Å². The summed E-state index contributed by atoms with van der Waals surface area (Å²) in [6.07, 6.45) is 0. The van der Waals surface area contributed by atoms with Crippen molar-refractivity contribution in [2.75, 3.05) is 27.5 Å². The fourth-order valence-corrected chi connectivity index (χ4v) is 3.74. The zero-order valence-electron chi connectivity index (χ0n) is 16.2. The van der Waals surface area contributed by atoms with Gasteiger partial charge >= 0.3 is 0 Å². The van der Waals surface area contributed by atoms with Gasteiger partial charge in [-0.25, -0.2) is 4.98 Å². The molecule has 3 aromatic rings. The SMILES string of the molecule is CC(=O)Nc1ccc(-c2csc(NC(=O)CSCC(=O)Nc3cc(C)on3)n2)cc1. The van der Waals surface area contributed by atoms with E-state index in [9.17, 15) is 14.4 Å². The third-order valence-corrected chi connectivity index (χ3v) is 5.30. The zero-order chi connectivity index (χ0) is 21.5. The number of thiazole rings is 1. The van der Waals surface area contributed by atoms with Crippen molar-refractivity contribution in [1.82, 2.24) is 10.1 Å². The molecule has 0 atom stereocenters. The van der Waals surface area contributed by atoms with Gasteiger partial charge in [-0.2, -0.15) is 0 Å². The molecular weight excluding hydrogens is 426 g/mol. The van der Waals surface area contributed by atoms with E-state index in [1.807, 2.05) is 17.5 Å². The van der Waals surface area contributed by atoms with Gasteiger partial charge in [-0.05, 0) is 19.1 Å². The highest BCUT2D eigenvalue weighted by molar-refractivity contribution is 8.00. The number of benzene rings is 1. The minimum absolute atomic E-state index is 0.114. The summed E-state index contributed by atoms with van der Waals surface area (Å²) in [5.41, 5.74) is 2.30. The van der Waals surface area contributed by atoms with Crippen LogP contribution < -0.4 is 16.0 Å². The minimum atomic E-state index is -0.264. The molecule has 3 amide bonds. The summed E-state index contributed by atoms with van der Waals surface area (Å²) in [6.45, 7) is 3.18. The average molecular weight is 446 g/mol. The van der Waals surface area contributed by atoms with E-state index in [-0.39, 0.29) is 29.2 Å². The predicted molar refractivity (Wildman–Crippen MR) is 118 cm³/mol. The number of carbonyl (C=O) groups is 3. The number of anilines is 3. The van der Waals surface area contributed by atoms with E-state index in [1.54, 1.807) is 25.1 Å². The molecule has 0 aliphatic heterocycles. The molecule has 1 aromatic carbocycles. The van der Waals surface area contributed by atoms with Crippen molar-refractivity contribution in [3.05, 3.63) is 41.5 Å². The molecule has 0 radical (unpaired) electrons. The van der Waals surface area contributed by atoms with Crippen LogP contribution in [0, 0.1) is 6.92 Å². The molecule has 2 aromatic heterocycles. The summed E-state index contributed by atoms with van der Waals surface area (Å²) in [7, 11) is 0. The fourth-order valence-electron chi connectivity index (χ4n) is 2.39. The lowest BCUT2D eigenvalue weighted by atomic mass is 10.1. The molecule has 0 bridgehead atoms. The number of hydrogen-bond acceptors (Lipinski definition) is 8. The third kappa shape index (κ3) is 6.42. The van der Waals surface area contributed by atoms with E-state index in [0.29, 0.717) is 22.4 Å². The molecule has 156 valence electrons. The molecule has 0 saturated heterocycles. The normalized spacial score (nSPS) is 10.5. The quantitative estimate of drug-likeness (QED) is 0.485. The Morgan fingerprint density at radius 1 is 1.07 bits per heavy atom. The van der Waals surface area contributed by atoms with E-state index in [4.69, 9.17) is 4.52 Å². The van der Waals surface area contributed by atoms with E-state index < -0.39 is 0 Å². The van der Waals surface area contributed by atoms with Crippen LogP contribution in [-0.2, 0) is 14.4 Å². The van der Waals surface area contributed by atoms with E-state index in [1.165, 1.54) is 30.0 Å². The maximum atomic E-state index is 12.1. The van der Waals surface area contributed by atoms with Gasteiger partial charge in [0, 0.05) is 29.6 Å². The molecular formula is C19H19N5O4S2. The number of aryl methyl sites for hydroxylation is 1. The maximum absolute atomic E-state index is 12.1. The van der Waals surface area contributed by atoms with Gasteiger partial charge < -0.3 is 20.5 Å². The first-order valence-electron chi connectivity index (χ1n) is 8.83. The Labute approximate surface area is 180 Å². The Morgan fingerprint density at radius 3 is 2.40 bits per heavy atom. The molecule has 0 fully saturated rings.